The number of aromatic nitrogens is 3. The molecule has 0 saturated heterocycles. The second kappa shape index (κ2) is 8.76. The lowest BCUT2D eigenvalue weighted by atomic mass is 10.0. The first-order valence-electron chi connectivity index (χ1n) is 11.8. The van der Waals surface area contributed by atoms with Gasteiger partial charge in [0, 0.05) is 23.2 Å². The molecule has 3 aromatic carbocycles. The van der Waals surface area contributed by atoms with E-state index in [0.29, 0.717) is 0 Å². The summed E-state index contributed by atoms with van der Waals surface area (Å²) >= 11 is 0. The predicted molar refractivity (Wildman–Crippen MR) is 150 cm³/mol. The first kappa shape index (κ1) is 21.7. The highest BCUT2D eigenvalue weighted by molar-refractivity contribution is 7.72. The van der Waals surface area contributed by atoms with Crippen LogP contribution in [0.4, 0.5) is 0 Å². The summed E-state index contributed by atoms with van der Waals surface area (Å²) in [5.41, 5.74) is 8.36. The lowest BCUT2D eigenvalue weighted by molar-refractivity contribution is 1.05. The molecule has 0 bridgehead atoms. The molecule has 0 radical (unpaired) electrons. The van der Waals surface area contributed by atoms with Crippen LogP contribution in [0.15, 0.2) is 103 Å². The minimum atomic E-state index is -0.517. The Hall–Kier alpha value is -3.81. The van der Waals surface area contributed by atoms with Crippen molar-refractivity contribution < 1.29 is 0 Å². The van der Waals surface area contributed by atoms with E-state index in [1.54, 1.807) is 0 Å². The Morgan fingerprint density at radius 2 is 1.49 bits per heavy atom. The normalized spacial score (nSPS) is 12.3. The van der Waals surface area contributed by atoms with Crippen LogP contribution >= 0.6 is 7.92 Å². The van der Waals surface area contributed by atoms with Crippen molar-refractivity contribution in [3.63, 3.8) is 0 Å². The molecule has 0 saturated carbocycles. The van der Waals surface area contributed by atoms with Crippen LogP contribution < -0.4 is 10.7 Å². The van der Waals surface area contributed by atoms with Crippen molar-refractivity contribution in [3.8, 4) is 16.9 Å². The largest absolute Gasteiger partial charge is 0.294 e. The van der Waals surface area contributed by atoms with Crippen molar-refractivity contribution in [1.29, 1.82) is 0 Å². The Morgan fingerprint density at radius 3 is 2.34 bits per heavy atom. The van der Waals surface area contributed by atoms with Crippen LogP contribution in [0.3, 0.4) is 0 Å². The first-order chi connectivity index (χ1) is 17.1. The van der Waals surface area contributed by atoms with Crippen LogP contribution in [0.1, 0.15) is 11.1 Å². The fraction of sp³-hybridized carbons (Fsp3) is 0.0968. The van der Waals surface area contributed by atoms with Gasteiger partial charge in [0.15, 0.2) is 0 Å². The van der Waals surface area contributed by atoms with Crippen LogP contribution in [-0.4, -0.2) is 21.2 Å². The number of fused-ring (bicyclic) bond motifs is 3. The SMILES string of the molecule is Cc1ccnc(P(C)c2cccc(-c3ccc4c5ccccc5n(-c5ncccc5C)c4c3)c2)c1. The Morgan fingerprint density at radius 1 is 0.657 bits per heavy atom. The van der Waals surface area contributed by atoms with Gasteiger partial charge >= 0.3 is 0 Å². The quantitative estimate of drug-likeness (QED) is 0.261. The van der Waals surface area contributed by atoms with Crippen LogP contribution in [0.5, 0.6) is 0 Å². The lowest BCUT2D eigenvalue weighted by Gasteiger charge is -2.14. The van der Waals surface area contributed by atoms with Crippen LogP contribution in [-0.2, 0) is 0 Å². The van der Waals surface area contributed by atoms with Crippen molar-refractivity contribution in [2.45, 2.75) is 13.8 Å². The summed E-state index contributed by atoms with van der Waals surface area (Å²) in [4.78, 5) is 9.42. The molecule has 3 heterocycles. The number of nitrogens with zero attached hydrogens (tertiary/aromatic N) is 3. The van der Waals surface area contributed by atoms with E-state index >= 15 is 0 Å². The summed E-state index contributed by atoms with van der Waals surface area (Å²) < 4.78 is 2.30. The maximum absolute atomic E-state index is 4.76. The van der Waals surface area contributed by atoms with Gasteiger partial charge in [-0.05, 0) is 92.4 Å². The second-order valence-corrected chi connectivity index (χ2v) is 11.1. The number of rotatable bonds is 4. The molecule has 0 amide bonds. The molecule has 1 unspecified atom stereocenters. The summed E-state index contributed by atoms with van der Waals surface area (Å²) in [5, 5.41) is 3.82. The van der Waals surface area contributed by atoms with E-state index in [-0.39, 0.29) is 0 Å². The first-order valence-corrected chi connectivity index (χ1v) is 13.6. The summed E-state index contributed by atoms with van der Waals surface area (Å²) in [7, 11) is -0.517. The molecule has 1 atom stereocenters. The van der Waals surface area contributed by atoms with E-state index in [4.69, 9.17) is 4.98 Å². The Labute approximate surface area is 206 Å². The Bertz CT molecular complexity index is 1700. The highest BCUT2D eigenvalue weighted by atomic mass is 31.1. The molecule has 3 aromatic heterocycles. The van der Waals surface area contributed by atoms with Gasteiger partial charge in [-0.15, -0.1) is 0 Å². The van der Waals surface area contributed by atoms with Crippen molar-refractivity contribution in [2.75, 3.05) is 6.66 Å². The number of hydrogen-bond donors (Lipinski definition) is 0. The smallest absolute Gasteiger partial charge is 0.140 e. The minimum absolute atomic E-state index is 0.517. The molecule has 170 valence electrons. The van der Waals surface area contributed by atoms with E-state index in [9.17, 15) is 0 Å². The molecule has 4 heteroatoms. The third-order valence-corrected chi connectivity index (χ3v) is 8.66. The molecule has 35 heavy (non-hydrogen) atoms. The zero-order valence-electron chi connectivity index (χ0n) is 20.1. The monoisotopic (exact) mass is 471 g/mol. The molecule has 0 aliphatic heterocycles. The standard InChI is InChI=1S/C31H26N3P/c1-21-15-17-32-30(18-21)35(3)25-10-6-9-23(19-25)24-13-14-27-26-11-4-5-12-28(26)34(29(27)20-24)31-22(2)8-7-16-33-31/h4-20H,1-3H3. The minimum Gasteiger partial charge on any atom is -0.294 e. The van der Waals surface area contributed by atoms with E-state index < -0.39 is 7.92 Å². The topological polar surface area (TPSA) is 30.7 Å². The molecule has 3 nitrogen and oxygen atoms in total. The van der Waals surface area contributed by atoms with E-state index in [1.807, 2.05) is 18.5 Å². The van der Waals surface area contributed by atoms with Gasteiger partial charge in [0.05, 0.1) is 16.5 Å². The van der Waals surface area contributed by atoms with Gasteiger partial charge in [0.25, 0.3) is 0 Å². The van der Waals surface area contributed by atoms with E-state index in [1.165, 1.54) is 49.2 Å². The van der Waals surface area contributed by atoms with Crippen LogP contribution in [0.2, 0.25) is 0 Å². The number of aryl methyl sites for hydroxylation is 2. The molecule has 6 aromatic rings. The zero-order chi connectivity index (χ0) is 23.9. The summed E-state index contributed by atoms with van der Waals surface area (Å²) in [5.74, 6) is 0.979. The van der Waals surface area contributed by atoms with Crippen molar-refractivity contribution in [2.24, 2.45) is 0 Å². The predicted octanol–water partition coefficient (Wildman–Crippen LogP) is 6.92. The Balaban J connectivity index is 1.52. The van der Waals surface area contributed by atoms with Crippen LogP contribution in [0.25, 0.3) is 38.8 Å². The average molecular weight is 472 g/mol. The molecule has 0 spiro atoms. The van der Waals surface area contributed by atoms with Gasteiger partial charge < -0.3 is 0 Å². The lowest BCUT2D eigenvalue weighted by Crippen LogP contribution is -2.14. The summed E-state index contributed by atoms with van der Waals surface area (Å²) in [6.07, 6.45) is 3.79. The van der Waals surface area contributed by atoms with Gasteiger partial charge in [0.1, 0.15) is 5.82 Å². The van der Waals surface area contributed by atoms with Crippen LogP contribution in [0, 0.1) is 13.8 Å². The van der Waals surface area contributed by atoms with Crippen molar-refractivity contribution in [1.82, 2.24) is 14.5 Å². The maximum Gasteiger partial charge on any atom is 0.140 e. The Kier molecular flexibility index (Phi) is 5.43. The summed E-state index contributed by atoms with van der Waals surface area (Å²) in [6.45, 7) is 6.54. The fourth-order valence-electron chi connectivity index (χ4n) is 4.82. The number of pyridine rings is 2. The van der Waals surface area contributed by atoms with Gasteiger partial charge in [-0.3, -0.25) is 9.55 Å². The highest BCUT2D eigenvalue weighted by Crippen LogP contribution is 2.36. The third kappa shape index (κ3) is 3.83. The van der Waals surface area contributed by atoms with E-state index in [0.717, 1.165) is 11.4 Å². The molecule has 0 N–H and O–H groups in total. The van der Waals surface area contributed by atoms with Crippen molar-refractivity contribution >= 4 is 40.5 Å². The number of para-hydroxylation sites is 1. The van der Waals surface area contributed by atoms with Crippen molar-refractivity contribution in [3.05, 3.63) is 115 Å². The van der Waals surface area contributed by atoms with E-state index in [2.05, 4.69) is 115 Å². The van der Waals surface area contributed by atoms with Gasteiger partial charge in [0.2, 0.25) is 0 Å². The maximum atomic E-state index is 4.76. The molecular formula is C31H26N3P. The van der Waals surface area contributed by atoms with Gasteiger partial charge in [-0.25, -0.2) is 4.98 Å². The molecule has 0 fully saturated rings. The third-order valence-electron chi connectivity index (χ3n) is 6.68. The van der Waals surface area contributed by atoms with Gasteiger partial charge in [-0.1, -0.05) is 54.6 Å². The molecular weight excluding hydrogens is 445 g/mol. The average Bonchev–Trinajstić information content (AvgIpc) is 3.22. The molecule has 0 aliphatic rings. The second-order valence-electron chi connectivity index (χ2n) is 9.03. The summed E-state index contributed by atoms with van der Waals surface area (Å²) in [6, 6.07) is 32.7. The highest BCUT2D eigenvalue weighted by Gasteiger charge is 2.16. The van der Waals surface area contributed by atoms with Gasteiger partial charge in [-0.2, -0.15) is 0 Å². The number of benzene rings is 3. The zero-order valence-corrected chi connectivity index (χ0v) is 21.0. The molecule has 6 rings (SSSR count). The number of hydrogen-bond acceptors (Lipinski definition) is 2. The fourth-order valence-corrected chi connectivity index (χ4v) is 6.36. The molecule has 0 aliphatic carbocycles.